The average molecular weight is 268 g/mol. The van der Waals surface area contributed by atoms with Crippen molar-refractivity contribution in [2.24, 2.45) is 0 Å². The smallest absolute Gasteiger partial charge is 0.0223 e. The Labute approximate surface area is 121 Å². The third kappa shape index (κ3) is 6.27. The number of hydrogen-bond acceptors (Lipinski definition) is 2. The van der Waals surface area contributed by atoms with Crippen molar-refractivity contribution in [1.82, 2.24) is 10.2 Å². The molecule has 0 aromatic carbocycles. The average Bonchev–Trinajstić information content (AvgIpc) is 2.58. The molecule has 1 saturated heterocycles. The van der Waals surface area contributed by atoms with E-state index in [4.69, 9.17) is 0 Å². The molecule has 1 N–H and O–H groups in total. The van der Waals surface area contributed by atoms with Gasteiger partial charge in [0.2, 0.25) is 0 Å². The van der Waals surface area contributed by atoms with Crippen LogP contribution in [0.2, 0.25) is 0 Å². The minimum absolute atomic E-state index is 0.236. The van der Waals surface area contributed by atoms with Crippen molar-refractivity contribution in [3.8, 4) is 0 Å². The van der Waals surface area contributed by atoms with Gasteiger partial charge in [-0.2, -0.15) is 0 Å². The first-order valence-corrected chi connectivity index (χ1v) is 8.48. The molecular weight excluding hydrogens is 232 g/mol. The quantitative estimate of drug-likeness (QED) is 0.777. The first kappa shape index (κ1) is 17.0. The highest BCUT2D eigenvalue weighted by atomic mass is 15.2. The van der Waals surface area contributed by atoms with Gasteiger partial charge in [-0.05, 0) is 53.0 Å². The largest absolute Gasteiger partial charge is 0.311 e. The lowest BCUT2D eigenvalue weighted by Gasteiger charge is -2.38. The summed E-state index contributed by atoms with van der Waals surface area (Å²) in [6.07, 6.45) is 9.61. The van der Waals surface area contributed by atoms with Gasteiger partial charge in [0.05, 0.1) is 0 Å². The number of rotatable bonds is 6. The summed E-state index contributed by atoms with van der Waals surface area (Å²) in [5.41, 5.74) is 0.236. The van der Waals surface area contributed by atoms with Crippen molar-refractivity contribution < 1.29 is 0 Å². The van der Waals surface area contributed by atoms with Crippen molar-refractivity contribution >= 4 is 0 Å². The molecule has 0 aromatic rings. The fraction of sp³-hybridized carbons (Fsp3) is 1.00. The predicted molar refractivity (Wildman–Crippen MR) is 85.7 cm³/mol. The molecule has 1 heterocycles. The van der Waals surface area contributed by atoms with E-state index >= 15 is 0 Å². The number of nitrogens with one attached hydrogen (secondary N) is 1. The van der Waals surface area contributed by atoms with Crippen LogP contribution in [0.4, 0.5) is 0 Å². The van der Waals surface area contributed by atoms with Crippen LogP contribution in [-0.2, 0) is 0 Å². The van der Waals surface area contributed by atoms with E-state index < -0.39 is 0 Å². The van der Waals surface area contributed by atoms with Gasteiger partial charge in [-0.25, -0.2) is 0 Å². The second-order valence-electron chi connectivity index (χ2n) is 7.22. The van der Waals surface area contributed by atoms with Gasteiger partial charge in [-0.1, -0.05) is 33.1 Å². The van der Waals surface area contributed by atoms with Crippen molar-refractivity contribution in [3.05, 3.63) is 0 Å². The van der Waals surface area contributed by atoms with E-state index in [0.29, 0.717) is 0 Å². The SMILES string of the molecule is CCCC(CNC(C)(C)C)N1CCCCCC1CC. The molecule has 0 bridgehead atoms. The zero-order chi connectivity index (χ0) is 14.3. The van der Waals surface area contributed by atoms with Crippen molar-refractivity contribution in [1.29, 1.82) is 0 Å². The third-order valence-corrected chi connectivity index (χ3v) is 4.35. The Balaban J connectivity index is 2.65. The summed E-state index contributed by atoms with van der Waals surface area (Å²) in [6, 6.07) is 1.55. The van der Waals surface area contributed by atoms with Crippen LogP contribution in [0.5, 0.6) is 0 Å². The summed E-state index contributed by atoms with van der Waals surface area (Å²) in [7, 11) is 0. The summed E-state index contributed by atoms with van der Waals surface area (Å²) in [4.78, 5) is 2.83. The molecule has 114 valence electrons. The molecule has 0 saturated carbocycles. The van der Waals surface area contributed by atoms with Crippen LogP contribution in [0.15, 0.2) is 0 Å². The van der Waals surface area contributed by atoms with E-state index in [2.05, 4.69) is 44.8 Å². The van der Waals surface area contributed by atoms with Crippen LogP contribution in [0.3, 0.4) is 0 Å². The van der Waals surface area contributed by atoms with Gasteiger partial charge in [0, 0.05) is 24.2 Å². The lowest BCUT2D eigenvalue weighted by atomic mass is 10.0. The van der Waals surface area contributed by atoms with E-state index in [1.807, 2.05) is 0 Å². The fourth-order valence-corrected chi connectivity index (χ4v) is 3.26. The molecule has 1 fully saturated rings. The third-order valence-electron chi connectivity index (χ3n) is 4.35. The first-order valence-electron chi connectivity index (χ1n) is 8.48. The first-order chi connectivity index (χ1) is 8.98. The molecule has 1 aliphatic heterocycles. The Morgan fingerprint density at radius 3 is 2.47 bits per heavy atom. The summed E-state index contributed by atoms with van der Waals surface area (Å²) in [5, 5.41) is 3.73. The van der Waals surface area contributed by atoms with E-state index in [0.717, 1.165) is 18.6 Å². The minimum Gasteiger partial charge on any atom is -0.311 e. The van der Waals surface area contributed by atoms with Crippen LogP contribution in [-0.4, -0.2) is 35.6 Å². The number of hydrogen-bond donors (Lipinski definition) is 1. The molecule has 2 atom stereocenters. The molecule has 0 aromatic heterocycles. The summed E-state index contributed by atoms with van der Waals surface area (Å²) >= 11 is 0. The van der Waals surface area contributed by atoms with Gasteiger partial charge in [0.1, 0.15) is 0 Å². The fourth-order valence-electron chi connectivity index (χ4n) is 3.26. The predicted octanol–water partition coefficient (Wildman–Crippen LogP) is 4.20. The summed E-state index contributed by atoms with van der Waals surface area (Å²) < 4.78 is 0. The van der Waals surface area contributed by atoms with Gasteiger partial charge in [-0.3, -0.25) is 4.90 Å². The molecule has 0 aliphatic carbocycles. The maximum atomic E-state index is 3.73. The second-order valence-corrected chi connectivity index (χ2v) is 7.22. The Hall–Kier alpha value is -0.0800. The van der Waals surface area contributed by atoms with Crippen LogP contribution in [0.25, 0.3) is 0 Å². The molecule has 0 amide bonds. The monoisotopic (exact) mass is 268 g/mol. The minimum atomic E-state index is 0.236. The highest BCUT2D eigenvalue weighted by molar-refractivity contribution is 4.84. The maximum absolute atomic E-state index is 3.73. The summed E-state index contributed by atoms with van der Waals surface area (Å²) in [6.45, 7) is 14.0. The Morgan fingerprint density at radius 2 is 1.89 bits per heavy atom. The van der Waals surface area contributed by atoms with Crippen LogP contribution >= 0.6 is 0 Å². The number of nitrogens with zero attached hydrogens (tertiary/aromatic N) is 1. The molecule has 0 radical (unpaired) electrons. The van der Waals surface area contributed by atoms with Gasteiger partial charge in [0.15, 0.2) is 0 Å². The van der Waals surface area contributed by atoms with Crippen LogP contribution in [0, 0.1) is 0 Å². The normalized spacial score (nSPS) is 24.2. The molecule has 2 nitrogen and oxygen atoms in total. The molecular formula is C17H36N2. The van der Waals surface area contributed by atoms with Crippen molar-refractivity contribution in [2.75, 3.05) is 13.1 Å². The van der Waals surface area contributed by atoms with Gasteiger partial charge in [0.25, 0.3) is 0 Å². The van der Waals surface area contributed by atoms with E-state index in [1.54, 1.807) is 0 Å². The Bertz CT molecular complexity index is 232. The number of likely N-dealkylation sites (tertiary alicyclic amines) is 1. The van der Waals surface area contributed by atoms with Crippen molar-refractivity contribution in [3.63, 3.8) is 0 Å². The Kier molecular flexibility index (Phi) is 7.38. The highest BCUT2D eigenvalue weighted by Gasteiger charge is 2.26. The molecule has 1 rings (SSSR count). The molecule has 1 aliphatic rings. The van der Waals surface area contributed by atoms with Crippen molar-refractivity contribution in [2.45, 2.75) is 97.2 Å². The lowest BCUT2D eigenvalue weighted by Crippen LogP contribution is -2.50. The molecule has 2 unspecified atom stereocenters. The van der Waals surface area contributed by atoms with E-state index in [-0.39, 0.29) is 5.54 Å². The van der Waals surface area contributed by atoms with Gasteiger partial charge < -0.3 is 5.32 Å². The zero-order valence-corrected chi connectivity index (χ0v) is 14.0. The molecule has 19 heavy (non-hydrogen) atoms. The van der Waals surface area contributed by atoms with Crippen LogP contribution in [0.1, 0.15) is 79.6 Å². The zero-order valence-electron chi connectivity index (χ0n) is 14.0. The van der Waals surface area contributed by atoms with E-state index in [1.165, 1.54) is 51.5 Å². The lowest BCUT2D eigenvalue weighted by molar-refractivity contribution is 0.117. The van der Waals surface area contributed by atoms with E-state index in [9.17, 15) is 0 Å². The maximum Gasteiger partial charge on any atom is 0.0223 e. The second kappa shape index (κ2) is 8.26. The molecule has 0 spiro atoms. The van der Waals surface area contributed by atoms with Gasteiger partial charge in [-0.15, -0.1) is 0 Å². The standard InChI is InChI=1S/C17H36N2/c1-6-11-16(14-18-17(3,4)5)19-13-10-8-9-12-15(19)7-2/h15-16,18H,6-14H2,1-5H3. The molecule has 2 heteroatoms. The van der Waals surface area contributed by atoms with Gasteiger partial charge >= 0.3 is 0 Å². The van der Waals surface area contributed by atoms with Crippen LogP contribution < -0.4 is 5.32 Å². The summed E-state index contributed by atoms with van der Waals surface area (Å²) in [5.74, 6) is 0. The highest BCUT2D eigenvalue weighted by Crippen LogP contribution is 2.23. The topological polar surface area (TPSA) is 15.3 Å². The Morgan fingerprint density at radius 1 is 1.16 bits per heavy atom.